The van der Waals surface area contributed by atoms with Crippen LogP contribution in [0.25, 0.3) is 0 Å². The highest BCUT2D eigenvalue weighted by atomic mass is 31.2. The van der Waals surface area contributed by atoms with Crippen molar-refractivity contribution in [3.63, 3.8) is 0 Å². The number of hydrogen-bond acceptors (Lipinski definition) is 8. The lowest BCUT2D eigenvalue weighted by Gasteiger charge is -2.24. The van der Waals surface area contributed by atoms with Crippen molar-refractivity contribution in [2.45, 2.75) is 0 Å². The number of hydrogen-bond donors (Lipinski definition) is 1. The predicted molar refractivity (Wildman–Crippen MR) is 99.8 cm³/mol. The van der Waals surface area contributed by atoms with Gasteiger partial charge in [0.1, 0.15) is 13.2 Å². The molecule has 0 saturated carbocycles. The fourth-order valence-corrected chi connectivity index (χ4v) is 2.28. The van der Waals surface area contributed by atoms with Gasteiger partial charge in [0.2, 0.25) is 0 Å². The van der Waals surface area contributed by atoms with E-state index >= 15 is 0 Å². The largest absolute Gasteiger partial charge is 0.472 e. The highest BCUT2D eigenvalue weighted by Crippen LogP contribution is 2.42. The summed E-state index contributed by atoms with van der Waals surface area (Å²) < 4.78 is 48.0. The Morgan fingerprint density at radius 3 is 1.44 bits per heavy atom. The Morgan fingerprint density at radius 2 is 1.04 bits per heavy atom. The zero-order valence-corrected chi connectivity index (χ0v) is 18.0. The molecule has 0 aliphatic heterocycles. The van der Waals surface area contributed by atoms with Gasteiger partial charge in [-0.05, 0) is 0 Å². The summed E-state index contributed by atoms with van der Waals surface area (Å²) in [6.45, 7) is 4.80. The molecule has 10 nitrogen and oxygen atoms in total. The molecule has 1 atom stereocenters. The molecule has 0 bridgehead atoms. The maximum absolute atomic E-state index is 11.6. The summed E-state index contributed by atoms with van der Waals surface area (Å²) in [5, 5.41) is 0. The van der Waals surface area contributed by atoms with Crippen LogP contribution < -0.4 is 0 Å². The van der Waals surface area contributed by atoms with Crippen LogP contribution in [0, 0.1) is 0 Å². The molecular weight excluding hydrogens is 381 g/mol. The molecule has 0 aromatic heterocycles. The third kappa shape index (κ3) is 22.0. The quantitative estimate of drug-likeness (QED) is 0.172. The maximum Gasteiger partial charge on any atom is 0.472 e. The second kappa shape index (κ2) is 16.8. The molecule has 1 unspecified atom stereocenters. The van der Waals surface area contributed by atoms with Crippen LogP contribution in [0.2, 0.25) is 0 Å². The second-order valence-electron chi connectivity index (χ2n) is 6.59. The topological polar surface area (TPSA) is 102 Å². The SMILES string of the molecule is COCCOCCOCCOCCOCCOP(=O)(O)OCC[N+](C)(C)C. The minimum absolute atomic E-state index is 0.0235. The van der Waals surface area contributed by atoms with Crippen molar-refractivity contribution in [2.75, 3.05) is 107 Å². The van der Waals surface area contributed by atoms with Crippen molar-refractivity contribution in [1.82, 2.24) is 0 Å². The Bertz CT molecular complexity index is 379. The molecule has 164 valence electrons. The monoisotopic (exact) mass is 418 g/mol. The summed E-state index contributed by atoms with van der Waals surface area (Å²) in [6, 6.07) is 0. The molecule has 0 spiro atoms. The minimum Gasteiger partial charge on any atom is -0.382 e. The van der Waals surface area contributed by atoms with Crippen LogP contribution in [0.15, 0.2) is 0 Å². The van der Waals surface area contributed by atoms with Crippen molar-refractivity contribution in [1.29, 1.82) is 0 Å². The maximum atomic E-state index is 11.6. The molecule has 0 fully saturated rings. The molecule has 0 amide bonds. The van der Waals surface area contributed by atoms with Gasteiger partial charge in [-0.15, -0.1) is 0 Å². The second-order valence-corrected chi connectivity index (χ2v) is 8.04. The van der Waals surface area contributed by atoms with E-state index in [1.807, 2.05) is 21.1 Å². The van der Waals surface area contributed by atoms with Gasteiger partial charge >= 0.3 is 7.82 Å². The Labute approximate surface area is 162 Å². The van der Waals surface area contributed by atoms with E-state index in [2.05, 4.69) is 0 Å². The van der Waals surface area contributed by atoms with Crippen LogP contribution in [-0.2, 0) is 37.3 Å². The van der Waals surface area contributed by atoms with Gasteiger partial charge in [0.05, 0.1) is 87.2 Å². The summed E-state index contributed by atoms with van der Waals surface area (Å²) in [5.74, 6) is 0. The smallest absolute Gasteiger partial charge is 0.382 e. The summed E-state index contributed by atoms with van der Waals surface area (Å²) in [7, 11) is 3.50. The van der Waals surface area contributed by atoms with E-state index in [-0.39, 0.29) is 19.8 Å². The first-order valence-corrected chi connectivity index (χ1v) is 10.5. The molecule has 11 heteroatoms. The zero-order valence-electron chi connectivity index (χ0n) is 17.1. The molecule has 0 aliphatic rings. The summed E-state index contributed by atoms with van der Waals surface area (Å²) in [4.78, 5) is 9.51. The average molecular weight is 418 g/mol. The fraction of sp³-hybridized carbons (Fsp3) is 1.00. The van der Waals surface area contributed by atoms with E-state index in [4.69, 9.17) is 32.7 Å². The van der Waals surface area contributed by atoms with Crippen molar-refractivity contribution in [3.05, 3.63) is 0 Å². The molecule has 0 aromatic rings. The van der Waals surface area contributed by atoms with Gasteiger partial charge in [0, 0.05) is 7.11 Å². The van der Waals surface area contributed by atoms with E-state index < -0.39 is 7.82 Å². The van der Waals surface area contributed by atoms with Gasteiger partial charge in [-0.3, -0.25) is 9.05 Å². The van der Waals surface area contributed by atoms with E-state index in [1.54, 1.807) is 7.11 Å². The molecule has 0 saturated heterocycles. The summed E-state index contributed by atoms with van der Waals surface area (Å²) in [5.41, 5.74) is 0. The molecule has 0 aliphatic carbocycles. The van der Waals surface area contributed by atoms with Crippen LogP contribution in [0.3, 0.4) is 0 Å². The number of rotatable bonds is 20. The van der Waals surface area contributed by atoms with Crippen LogP contribution in [0.1, 0.15) is 0 Å². The minimum atomic E-state index is -4.02. The Balaban J connectivity index is 3.31. The first-order chi connectivity index (χ1) is 12.8. The normalized spacial score (nSPS) is 14.4. The number of nitrogens with zero attached hydrogens (tertiary/aromatic N) is 1. The van der Waals surface area contributed by atoms with Crippen molar-refractivity contribution < 1.29 is 46.7 Å². The van der Waals surface area contributed by atoms with Gasteiger partial charge < -0.3 is 33.1 Å². The van der Waals surface area contributed by atoms with Crippen LogP contribution in [0.4, 0.5) is 0 Å². The molecular formula is C16H37NO9P+. The highest BCUT2D eigenvalue weighted by Gasteiger charge is 2.22. The van der Waals surface area contributed by atoms with Crippen molar-refractivity contribution in [2.24, 2.45) is 0 Å². The Hall–Kier alpha value is -0.130. The fourth-order valence-electron chi connectivity index (χ4n) is 1.58. The van der Waals surface area contributed by atoms with Crippen molar-refractivity contribution in [3.8, 4) is 0 Å². The van der Waals surface area contributed by atoms with Gasteiger partial charge in [-0.1, -0.05) is 0 Å². The number of phosphoric ester groups is 1. The summed E-state index contributed by atoms with van der Waals surface area (Å²) >= 11 is 0. The van der Waals surface area contributed by atoms with Gasteiger partial charge in [0.25, 0.3) is 0 Å². The number of quaternary nitrogens is 1. The third-order valence-corrected chi connectivity index (χ3v) is 4.06. The van der Waals surface area contributed by atoms with E-state index in [1.165, 1.54) is 0 Å². The van der Waals surface area contributed by atoms with Crippen LogP contribution in [0.5, 0.6) is 0 Å². The number of ether oxygens (including phenoxy) is 5. The van der Waals surface area contributed by atoms with Crippen LogP contribution in [-0.4, -0.2) is 117 Å². The Morgan fingerprint density at radius 1 is 0.667 bits per heavy atom. The standard InChI is InChI=1S/C16H36NO9P/c1-17(2,3)5-6-25-27(18,19)26-16-15-24-14-13-23-12-11-22-10-9-21-8-7-20-4/h5-16H2,1-4H3/p+1. The van der Waals surface area contributed by atoms with E-state index in [0.29, 0.717) is 63.9 Å². The lowest BCUT2D eigenvalue weighted by molar-refractivity contribution is -0.870. The van der Waals surface area contributed by atoms with E-state index in [9.17, 15) is 9.46 Å². The van der Waals surface area contributed by atoms with Gasteiger partial charge in [0.15, 0.2) is 0 Å². The molecule has 27 heavy (non-hydrogen) atoms. The third-order valence-electron chi connectivity index (χ3n) is 3.05. The predicted octanol–water partition coefficient (Wildman–Crippen LogP) is 0.539. The van der Waals surface area contributed by atoms with Crippen LogP contribution >= 0.6 is 7.82 Å². The van der Waals surface area contributed by atoms with Crippen molar-refractivity contribution >= 4 is 7.82 Å². The summed E-state index contributed by atoms with van der Waals surface area (Å²) in [6.07, 6.45) is 0. The Kier molecular flexibility index (Phi) is 16.7. The van der Waals surface area contributed by atoms with Gasteiger partial charge in [-0.2, -0.15) is 0 Å². The zero-order chi connectivity index (χ0) is 20.4. The lowest BCUT2D eigenvalue weighted by atomic mass is 10.5. The molecule has 1 N–H and O–H groups in total. The number of methoxy groups -OCH3 is 1. The molecule has 0 rings (SSSR count). The number of phosphoric acid groups is 1. The molecule has 0 radical (unpaired) electrons. The number of likely N-dealkylation sites (N-methyl/N-ethyl adjacent to an activating group) is 1. The molecule has 0 heterocycles. The average Bonchev–Trinajstić information content (AvgIpc) is 2.57. The highest BCUT2D eigenvalue weighted by molar-refractivity contribution is 7.47. The first-order valence-electron chi connectivity index (χ1n) is 8.99. The molecule has 0 aromatic carbocycles. The van der Waals surface area contributed by atoms with E-state index in [0.717, 1.165) is 0 Å². The first kappa shape index (κ1) is 26.9. The van der Waals surface area contributed by atoms with Gasteiger partial charge in [-0.25, -0.2) is 4.57 Å². The lowest BCUT2D eigenvalue weighted by Crippen LogP contribution is -2.37.